The summed E-state index contributed by atoms with van der Waals surface area (Å²) in [5, 5.41) is 0. The lowest BCUT2D eigenvalue weighted by molar-refractivity contribution is -0.133. The second-order valence-electron chi connectivity index (χ2n) is 11.5. The van der Waals surface area contributed by atoms with E-state index in [4.69, 9.17) is 18.9 Å². The lowest BCUT2D eigenvalue weighted by atomic mass is 9.95. The number of ether oxygens (including phenoxy) is 4. The largest absolute Gasteiger partial charge is 0.431 e. The highest BCUT2D eigenvalue weighted by molar-refractivity contribution is 5.90. The summed E-state index contributed by atoms with van der Waals surface area (Å²) in [7, 11) is 0. The Morgan fingerprint density at radius 1 is 0.566 bits per heavy atom. The number of hydrogen-bond acceptors (Lipinski definition) is 8. The van der Waals surface area contributed by atoms with Crippen molar-refractivity contribution in [2.45, 2.75) is 20.8 Å². The van der Waals surface area contributed by atoms with E-state index in [0.717, 1.165) is 17.2 Å². The predicted octanol–water partition coefficient (Wildman–Crippen LogP) is 8.30. The van der Waals surface area contributed by atoms with E-state index < -0.39 is 23.9 Å². The fourth-order valence-electron chi connectivity index (χ4n) is 4.25. The summed E-state index contributed by atoms with van der Waals surface area (Å²) in [6.45, 7) is 18.9. The van der Waals surface area contributed by atoms with Gasteiger partial charge in [0.2, 0.25) is 0 Å². The van der Waals surface area contributed by atoms with Crippen molar-refractivity contribution in [2.75, 3.05) is 0 Å². The molecule has 0 saturated carbocycles. The van der Waals surface area contributed by atoms with Crippen molar-refractivity contribution in [2.24, 2.45) is 0 Å². The summed E-state index contributed by atoms with van der Waals surface area (Å²) in [4.78, 5) is 48.4. The summed E-state index contributed by atoms with van der Waals surface area (Å²) in [5.74, 6) is 10.7. The van der Waals surface area contributed by atoms with Crippen molar-refractivity contribution in [1.82, 2.24) is 0 Å². The molecule has 53 heavy (non-hydrogen) atoms. The first-order valence-corrected chi connectivity index (χ1v) is 16.0. The van der Waals surface area contributed by atoms with Crippen LogP contribution in [0.2, 0.25) is 0 Å². The lowest BCUT2D eigenvalue weighted by Gasteiger charge is -2.14. The molecule has 4 rings (SSSR count). The van der Waals surface area contributed by atoms with Gasteiger partial charge in [-0.2, -0.15) is 0 Å². The van der Waals surface area contributed by atoms with Gasteiger partial charge in [-0.05, 0) is 105 Å². The third-order valence-electron chi connectivity index (χ3n) is 7.04. The SMILES string of the molecule is C=CC(=O)Oc1c(C#Cc2ccc(OC(=O)C(=C)C)cc2)ccc(-c2ccc(C#Cc3ccc(OC(=O)C(=C)C)cc3)cc2)c1/C=C/OC(=O)C(=C)C. The zero-order chi connectivity index (χ0) is 38.5. The third-order valence-corrected chi connectivity index (χ3v) is 7.04. The van der Waals surface area contributed by atoms with Crippen molar-refractivity contribution < 1.29 is 38.1 Å². The zero-order valence-electron chi connectivity index (χ0n) is 29.4. The third kappa shape index (κ3) is 11.0. The van der Waals surface area contributed by atoms with Gasteiger partial charge in [0.1, 0.15) is 11.5 Å². The molecule has 0 saturated heterocycles. The van der Waals surface area contributed by atoms with E-state index in [9.17, 15) is 19.2 Å². The smallest absolute Gasteiger partial charge is 0.338 e. The average Bonchev–Trinajstić information content (AvgIpc) is 3.14. The van der Waals surface area contributed by atoms with Crippen LogP contribution in [0.5, 0.6) is 17.2 Å². The molecule has 4 aromatic rings. The van der Waals surface area contributed by atoms with Crippen LogP contribution in [-0.4, -0.2) is 23.9 Å². The summed E-state index contributed by atoms with van der Waals surface area (Å²) in [6, 6.07) is 24.2. The van der Waals surface area contributed by atoms with Crippen LogP contribution >= 0.6 is 0 Å². The lowest BCUT2D eigenvalue weighted by Crippen LogP contribution is -2.07. The number of rotatable bonds is 10. The standard InChI is InChI=1S/C45H34O8/c1-8-41(46)53-42-36(20-13-34-16-24-38(25-17-34)52-45(49)31(6)7)21-26-39(40(42)27-28-50-43(47)29(2)3)35-18-11-32(12-19-35)9-10-33-14-22-37(23-15-33)51-44(48)30(4)5/h8,11-12,14-19,21-28H,1-2,4,6H2,3,5,7H3/b28-27+. The molecule has 0 fully saturated rings. The molecule has 0 aromatic heterocycles. The van der Waals surface area contributed by atoms with Crippen LogP contribution in [-0.2, 0) is 23.9 Å². The molecule has 0 bridgehead atoms. The molecule has 0 radical (unpaired) electrons. The molecule has 0 unspecified atom stereocenters. The number of carbonyl (C=O) groups is 4. The maximum Gasteiger partial charge on any atom is 0.338 e. The first-order valence-electron chi connectivity index (χ1n) is 16.0. The Labute approximate surface area is 308 Å². The Kier molecular flexibility index (Phi) is 13.0. The number of hydrogen-bond donors (Lipinski definition) is 0. The van der Waals surface area contributed by atoms with Crippen molar-refractivity contribution in [3.05, 3.63) is 168 Å². The van der Waals surface area contributed by atoms with Gasteiger partial charge in [0.05, 0.1) is 11.8 Å². The molecule has 0 aliphatic heterocycles. The molecular weight excluding hydrogens is 668 g/mol. The molecule has 0 aliphatic carbocycles. The molecule has 8 heteroatoms. The monoisotopic (exact) mass is 702 g/mol. The summed E-state index contributed by atoms with van der Waals surface area (Å²) in [5.41, 5.74) is 4.93. The van der Waals surface area contributed by atoms with Gasteiger partial charge in [0.25, 0.3) is 0 Å². The number of esters is 4. The van der Waals surface area contributed by atoms with Gasteiger partial charge in [-0.3, -0.25) is 0 Å². The van der Waals surface area contributed by atoms with Crippen molar-refractivity contribution in [3.63, 3.8) is 0 Å². The van der Waals surface area contributed by atoms with E-state index in [2.05, 4.69) is 50.0 Å². The van der Waals surface area contributed by atoms with Crippen LogP contribution in [0.4, 0.5) is 0 Å². The zero-order valence-corrected chi connectivity index (χ0v) is 29.4. The molecule has 0 atom stereocenters. The number of carbonyl (C=O) groups excluding carboxylic acids is 4. The maximum absolute atomic E-state index is 12.6. The quantitative estimate of drug-likeness (QED) is 0.0535. The van der Waals surface area contributed by atoms with Gasteiger partial charge in [0.15, 0.2) is 5.75 Å². The molecule has 0 amide bonds. The highest BCUT2D eigenvalue weighted by atomic mass is 16.5. The van der Waals surface area contributed by atoms with E-state index in [1.165, 1.54) is 19.3 Å². The van der Waals surface area contributed by atoms with E-state index in [-0.39, 0.29) is 16.9 Å². The Morgan fingerprint density at radius 2 is 1.02 bits per heavy atom. The van der Waals surface area contributed by atoms with Gasteiger partial charge >= 0.3 is 23.9 Å². The van der Waals surface area contributed by atoms with E-state index in [0.29, 0.717) is 44.9 Å². The van der Waals surface area contributed by atoms with Crippen molar-refractivity contribution >= 4 is 30.0 Å². The van der Waals surface area contributed by atoms with Gasteiger partial charge < -0.3 is 18.9 Å². The van der Waals surface area contributed by atoms with E-state index in [1.807, 2.05) is 24.3 Å². The summed E-state index contributed by atoms with van der Waals surface area (Å²) >= 11 is 0. The molecule has 0 heterocycles. The fraction of sp³-hybridized carbons (Fsp3) is 0.0667. The molecule has 8 nitrogen and oxygen atoms in total. The van der Waals surface area contributed by atoms with Crippen LogP contribution in [0.15, 0.2) is 140 Å². The molecule has 4 aromatic carbocycles. The van der Waals surface area contributed by atoms with Gasteiger partial charge in [-0.1, -0.05) is 68.2 Å². The Bertz CT molecular complexity index is 2280. The fourth-order valence-corrected chi connectivity index (χ4v) is 4.25. The topological polar surface area (TPSA) is 105 Å². The highest BCUT2D eigenvalue weighted by Crippen LogP contribution is 2.35. The minimum atomic E-state index is -0.727. The summed E-state index contributed by atoms with van der Waals surface area (Å²) in [6.07, 6.45) is 3.72. The van der Waals surface area contributed by atoms with Crippen LogP contribution in [0.1, 0.15) is 48.6 Å². The first-order chi connectivity index (χ1) is 25.3. The Balaban J connectivity index is 1.71. The predicted molar refractivity (Wildman–Crippen MR) is 203 cm³/mol. The molecule has 262 valence electrons. The molecule has 0 aliphatic rings. The second-order valence-corrected chi connectivity index (χ2v) is 11.5. The minimum Gasteiger partial charge on any atom is -0.431 e. The second kappa shape index (κ2) is 18.0. The highest BCUT2D eigenvalue weighted by Gasteiger charge is 2.17. The van der Waals surface area contributed by atoms with Crippen LogP contribution < -0.4 is 14.2 Å². The van der Waals surface area contributed by atoms with E-state index >= 15 is 0 Å². The van der Waals surface area contributed by atoms with Crippen molar-refractivity contribution in [3.8, 4) is 52.1 Å². The van der Waals surface area contributed by atoms with Gasteiger partial charge in [-0.25, -0.2) is 19.2 Å². The van der Waals surface area contributed by atoms with Crippen LogP contribution in [0.3, 0.4) is 0 Å². The minimum absolute atomic E-state index is 0.107. The normalized spacial score (nSPS) is 10.0. The average molecular weight is 703 g/mol. The van der Waals surface area contributed by atoms with Crippen LogP contribution in [0.25, 0.3) is 17.2 Å². The Morgan fingerprint density at radius 3 is 1.47 bits per heavy atom. The maximum atomic E-state index is 12.6. The van der Waals surface area contributed by atoms with E-state index in [1.54, 1.807) is 74.5 Å². The van der Waals surface area contributed by atoms with Gasteiger partial charge in [-0.15, -0.1) is 0 Å². The molecule has 0 N–H and O–H groups in total. The molecular formula is C45H34O8. The summed E-state index contributed by atoms with van der Waals surface area (Å²) < 4.78 is 21.4. The first kappa shape index (κ1) is 38.4. The molecule has 0 spiro atoms. The Hall–Kier alpha value is -7.42. The van der Waals surface area contributed by atoms with Gasteiger partial charge in [0, 0.05) is 45.0 Å². The number of benzene rings is 4. The van der Waals surface area contributed by atoms with Crippen molar-refractivity contribution in [1.29, 1.82) is 0 Å². The van der Waals surface area contributed by atoms with Crippen LogP contribution in [0, 0.1) is 23.7 Å².